The zero-order chi connectivity index (χ0) is 17.7. The van der Waals surface area contributed by atoms with E-state index < -0.39 is 21.8 Å². The topological polar surface area (TPSA) is 118 Å². The highest BCUT2D eigenvalue weighted by molar-refractivity contribution is 7.89. The molecule has 2 amide bonds. The Labute approximate surface area is 142 Å². The van der Waals surface area contributed by atoms with Crippen molar-refractivity contribution in [1.29, 1.82) is 0 Å². The summed E-state index contributed by atoms with van der Waals surface area (Å²) in [5, 5.41) is 2.37. The molecule has 8 heteroatoms. The molecule has 1 aliphatic carbocycles. The third-order valence-electron chi connectivity index (χ3n) is 4.11. The van der Waals surface area contributed by atoms with Gasteiger partial charge >= 0.3 is 0 Å². The summed E-state index contributed by atoms with van der Waals surface area (Å²) >= 11 is 0. The van der Waals surface area contributed by atoms with Crippen LogP contribution in [0.2, 0.25) is 0 Å². The number of carbonyl (C=O) groups excluding carboxylic acids is 2. The Bertz CT molecular complexity index is 725. The van der Waals surface area contributed by atoms with Crippen LogP contribution in [-0.2, 0) is 14.8 Å². The van der Waals surface area contributed by atoms with Gasteiger partial charge in [-0.3, -0.25) is 9.59 Å². The van der Waals surface area contributed by atoms with Gasteiger partial charge < -0.3 is 11.1 Å². The highest BCUT2D eigenvalue weighted by atomic mass is 32.2. The molecule has 1 saturated carbocycles. The van der Waals surface area contributed by atoms with Crippen molar-refractivity contribution in [2.75, 3.05) is 6.54 Å². The quantitative estimate of drug-likeness (QED) is 0.701. The molecule has 132 valence electrons. The maximum Gasteiger partial charge on any atom is 0.252 e. The minimum atomic E-state index is -3.69. The van der Waals surface area contributed by atoms with Crippen LogP contribution < -0.4 is 15.8 Å². The molecule has 0 radical (unpaired) electrons. The summed E-state index contributed by atoms with van der Waals surface area (Å²) in [5.41, 5.74) is 5.83. The predicted molar refractivity (Wildman–Crippen MR) is 89.9 cm³/mol. The average molecular weight is 353 g/mol. The Morgan fingerprint density at radius 2 is 1.88 bits per heavy atom. The molecule has 4 N–H and O–H groups in total. The molecular weight excluding hydrogens is 330 g/mol. The van der Waals surface area contributed by atoms with Crippen molar-refractivity contribution >= 4 is 21.8 Å². The summed E-state index contributed by atoms with van der Waals surface area (Å²) in [6.45, 7) is 1.40. The Kier molecular flexibility index (Phi) is 5.95. The van der Waals surface area contributed by atoms with Crippen LogP contribution in [0, 0.1) is 6.92 Å². The van der Waals surface area contributed by atoms with Gasteiger partial charge in [0.2, 0.25) is 15.9 Å². The van der Waals surface area contributed by atoms with E-state index in [0.717, 1.165) is 32.1 Å². The van der Waals surface area contributed by atoms with E-state index in [9.17, 15) is 18.0 Å². The van der Waals surface area contributed by atoms with E-state index in [-0.39, 0.29) is 23.0 Å². The second kappa shape index (κ2) is 7.76. The Morgan fingerprint density at radius 1 is 1.21 bits per heavy atom. The molecule has 24 heavy (non-hydrogen) atoms. The molecule has 7 nitrogen and oxygen atoms in total. The number of aryl methyl sites for hydroxylation is 1. The zero-order valence-corrected chi connectivity index (χ0v) is 14.5. The number of nitrogens with one attached hydrogen (secondary N) is 2. The summed E-state index contributed by atoms with van der Waals surface area (Å²) in [6, 6.07) is 4.33. The third-order valence-corrected chi connectivity index (χ3v) is 5.63. The van der Waals surface area contributed by atoms with Crippen molar-refractivity contribution in [2.45, 2.75) is 50.0 Å². The largest absolute Gasteiger partial charge is 0.368 e. The van der Waals surface area contributed by atoms with Gasteiger partial charge in [0, 0.05) is 11.6 Å². The van der Waals surface area contributed by atoms with E-state index in [1.807, 2.05) is 0 Å². The summed E-state index contributed by atoms with van der Waals surface area (Å²) in [4.78, 5) is 22.9. The fourth-order valence-corrected chi connectivity index (χ4v) is 4.11. The molecule has 1 aromatic rings. The highest BCUT2D eigenvalue weighted by Crippen LogP contribution is 2.21. The maximum atomic E-state index is 12.5. The van der Waals surface area contributed by atoms with Crippen LogP contribution in [0.4, 0.5) is 0 Å². The van der Waals surface area contributed by atoms with E-state index >= 15 is 0 Å². The summed E-state index contributed by atoms with van der Waals surface area (Å²) in [6.07, 6.45) is 4.82. The number of rotatable bonds is 6. The number of benzene rings is 1. The van der Waals surface area contributed by atoms with Crippen molar-refractivity contribution in [2.24, 2.45) is 5.73 Å². The minimum absolute atomic E-state index is 0.0444. The standard InChI is InChI=1S/C16H23N3O4S/c1-11-7-8-13(9-14(11)16(21)18-10-15(17)20)24(22,23)19-12-5-3-2-4-6-12/h7-9,12,19H,2-6,10H2,1H3,(H2,17,20)(H,18,21). The fraction of sp³-hybridized carbons (Fsp3) is 0.500. The maximum absolute atomic E-state index is 12.5. The van der Waals surface area contributed by atoms with Gasteiger partial charge in [0.05, 0.1) is 11.4 Å². The van der Waals surface area contributed by atoms with Crippen LogP contribution in [0.3, 0.4) is 0 Å². The second-order valence-corrected chi connectivity index (χ2v) is 7.80. The smallest absolute Gasteiger partial charge is 0.252 e. The van der Waals surface area contributed by atoms with E-state index in [4.69, 9.17) is 5.73 Å². The molecule has 0 aromatic heterocycles. The zero-order valence-electron chi connectivity index (χ0n) is 13.7. The molecule has 0 spiro atoms. The number of amides is 2. The predicted octanol–water partition coefficient (Wildman–Crippen LogP) is 0.821. The van der Waals surface area contributed by atoms with Crippen LogP contribution in [0.5, 0.6) is 0 Å². The first-order chi connectivity index (χ1) is 11.3. The van der Waals surface area contributed by atoms with Crippen molar-refractivity contribution in [1.82, 2.24) is 10.0 Å². The normalized spacial score (nSPS) is 15.9. The van der Waals surface area contributed by atoms with Crippen LogP contribution in [-0.4, -0.2) is 32.8 Å². The first-order valence-electron chi connectivity index (χ1n) is 7.99. The molecule has 0 atom stereocenters. The van der Waals surface area contributed by atoms with E-state index in [1.165, 1.54) is 12.1 Å². The van der Waals surface area contributed by atoms with Gasteiger partial charge in [-0.2, -0.15) is 0 Å². The third kappa shape index (κ3) is 4.78. The second-order valence-electron chi connectivity index (χ2n) is 6.08. The molecule has 2 rings (SSSR count). The van der Waals surface area contributed by atoms with Crippen LogP contribution in [0.25, 0.3) is 0 Å². The van der Waals surface area contributed by atoms with Crippen LogP contribution in [0.15, 0.2) is 23.1 Å². The number of sulfonamides is 1. The molecular formula is C16H23N3O4S. The fourth-order valence-electron chi connectivity index (χ4n) is 2.78. The Morgan fingerprint density at radius 3 is 2.50 bits per heavy atom. The number of nitrogens with two attached hydrogens (primary N) is 1. The molecule has 0 saturated heterocycles. The lowest BCUT2D eigenvalue weighted by molar-refractivity contribution is -0.117. The lowest BCUT2D eigenvalue weighted by Gasteiger charge is -2.22. The molecule has 1 aromatic carbocycles. The molecule has 0 bridgehead atoms. The van der Waals surface area contributed by atoms with E-state index in [0.29, 0.717) is 5.56 Å². The molecule has 1 fully saturated rings. The monoisotopic (exact) mass is 353 g/mol. The van der Waals surface area contributed by atoms with E-state index in [1.54, 1.807) is 13.0 Å². The lowest BCUT2D eigenvalue weighted by atomic mass is 9.96. The van der Waals surface area contributed by atoms with Crippen molar-refractivity contribution in [3.8, 4) is 0 Å². The summed E-state index contributed by atoms with van der Waals surface area (Å²) < 4.78 is 27.8. The number of primary amides is 1. The van der Waals surface area contributed by atoms with Gasteiger partial charge in [-0.25, -0.2) is 13.1 Å². The Hall–Kier alpha value is -1.93. The first-order valence-corrected chi connectivity index (χ1v) is 9.47. The molecule has 0 aliphatic heterocycles. The van der Waals surface area contributed by atoms with Gasteiger partial charge in [0.25, 0.3) is 5.91 Å². The molecule has 0 unspecified atom stereocenters. The summed E-state index contributed by atoms with van der Waals surface area (Å²) in [5.74, 6) is -1.19. The van der Waals surface area contributed by atoms with Crippen molar-refractivity contribution < 1.29 is 18.0 Å². The number of hydrogen-bond acceptors (Lipinski definition) is 4. The van der Waals surface area contributed by atoms with Crippen molar-refractivity contribution in [3.63, 3.8) is 0 Å². The van der Waals surface area contributed by atoms with E-state index in [2.05, 4.69) is 10.0 Å². The van der Waals surface area contributed by atoms with Gasteiger partial charge in [0.1, 0.15) is 0 Å². The molecule has 1 aliphatic rings. The number of carbonyl (C=O) groups is 2. The SMILES string of the molecule is Cc1ccc(S(=O)(=O)NC2CCCCC2)cc1C(=O)NCC(N)=O. The van der Waals surface area contributed by atoms with Gasteiger partial charge in [0.15, 0.2) is 0 Å². The highest BCUT2D eigenvalue weighted by Gasteiger charge is 2.23. The molecule has 0 heterocycles. The lowest BCUT2D eigenvalue weighted by Crippen LogP contribution is -2.36. The number of hydrogen-bond donors (Lipinski definition) is 3. The Balaban J connectivity index is 2.19. The first kappa shape index (κ1) is 18.4. The summed E-state index contributed by atoms with van der Waals surface area (Å²) in [7, 11) is -3.69. The van der Waals surface area contributed by atoms with Gasteiger partial charge in [-0.15, -0.1) is 0 Å². The van der Waals surface area contributed by atoms with Crippen LogP contribution >= 0.6 is 0 Å². The minimum Gasteiger partial charge on any atom is -0.368 e. The van der Waals surface area contributed by atoms with Gasteiger partial charge in [-0.1, -0.05) is 25.3 Å². The van der Waals surface area contributed by atoms with Gasteiger partial charge in [-0.05, 0) is 37.5 Å². The van der Waals surface area contributed by atoms with Crippen molar-refractivity contribution in [3.05, 3.63) is 29.3 Å². The average Bonchev–Trinajstić information content (AvgIpc) is 2.53. The van der Waals surface area contributed by atoms with Crippen LogP contribution in [0.1, 0.15) is 48.0 Å².